The summed E-state index contributed by atoms with van der Waals surface area (Å²) in [5.41, 5.74) is 0.900. The molecule has 20 heavy (non-hydrogen) atoms. The van der Waals surface area contributed by atoms with E-state index in [2.05, 4.69) is 38.8 Å². The van der Waals surface area contributed by atoms with E-state index in [0.717, 1.165) is 18.5 Å². The minimum Gasteiger partial charge on any atom is -0.326 e. The number of amides is 1. The Kier molecular flexibility index (Phi) is 6.00. The first kappa shape index (κ1) is 17.0. The molecule has 0 aliphatic rings. The summed E-state index contributed by atoms with van der Waals surface area (Å²) in [5.74, 6) is 0.193. The number of hydrogen-bond acceptors (Lipinski definition) is 1. The van der Waals surface area contributed by atoms with Crippen molar-refractivity contribution < 1.29 is 4.79 Å². The highest BCUT2D eigenvalue weighted by atomic mass is 28.3. The van der Waals surface area contributed by atoms with Crippen LogP contribution in [0.3, 0.4) is 0 Å². The highest BCUT2D eigenvalue weighted by Crippen LogP contribution is 2.43. The minimum absolute atomic E-state index is 0.193. The van der Waals surface area contributed by atoms with Crippen LogP contribution in [-0.2, 0) is 4.79 Å². The topological polar surface area (TPSA) is 29.1 Å². The van der Waals surface area contributed by atoms with E-state index in [0.29, 0.717) is 0 Å². The quantitative estimate of drug-likeness (QED) is 0.536. The first-order valence-corrected chi connectivity index (χ1v) is 11.2. The van der Waals surface area contributed by atoms with Crippen LogP contribution in [0.15, 0.2) is 30.3 Å². The standard InChI is InChI=1S/C17H29NOSi/c1-6-7-11-14-17(2,20(3,4)5)16(19)18-15-12-9-8-10-13-15/h8-10,12-13H,6-7,11,14H2,1-5H3,(H,18,19). The summed E-state index contributed by atoms with van der Waals surface area (Å²) in [6, 6.07) is 9.79. The van der Waals surface area contributed by atoms with Gasteiger partial charge in [0.25, 0.3) is 0 Å². The fourth-order valence-corrected chi connectivity index (χ4v) is 4.02. The number of nitrogens with one attached hydrogen (secondary N) is 1. The van der Waals surface area contributed by atoms with Gasteiger partial charge in [0.15, 0.2) is 0 Å². The smallest absolute Gasteiger partial charge is 0.227 e. The summed E-state index contributed by atoms with van der Waals surface area (Å²) in [6.45, 7) is 11.2. The Morgan fingerprint density at radius 2 is 1.75 bits per heavy atom. The van der Waals surface area contributed by atoms with Crippen LogP contribution in [0.2, 0.25) is 24.7 Å². The zero-order valence-electron chi connectivity index (χ0n) is 13.6. The Morgan fingerprint density at radius 3 is 2.25 bits per heavy atom. The Hall–Kier alpha value is -1.09. The molecular weight excluding hydrogens is 262 g/mol. The van der Waals surface area contributed by atoms with Crippen molar-refractivity contribution in [1.82, 2.24) is 0 Å². The Morgan fingerprint density at radius 1 is 1.15 bits per heavy atom. The maximum absolute atomic E-state index is 12.8. The zero-order chi connectivity index (χ0) is 15.2. The van der Waals surface area contributed by atoms with Crippen molar-refractivity contribution in [2.75, 3.05) is 5.32 Å². The third-order valence-corrected chi connectivity index (χ3v) is 8.26. The molecule has 1 unspecified atom stereocenters. The first-order chi connectivity index (χ1) is 9.31. The van der Waals surface area contributed by atoms with Crippen molar-refractivity contribution in [1.29, 1.82) is 0 Å². The molecule has 0 radical (unpaired) electrons. The van der Waals surface area contributed by atoms with Crippen molar-refractivity contribution in [2.24, 2.45) is 0 Å². The van der Waals surface area contributed by atoms with Crippen molar-refractivity contribution in [3.8, 4) is 0 Å². The van der Waals surface area contributed by atoms with Crippen molar-refractivity contribution >= 4 is 19.7 Å². The number of benzene rings is 1. The van der Waals surface area contributed by atoms with Gasteiger partial charge in [-0.1, -0.05) is 71.0 Å². The molecule has 0 bridgehead atoms. The summed E-state index contributed by atoms with van der Waals surface area (Å²) in [4.78, 5) is 12.8. The third kappa shape index (κ3) is 4.20. The molecule has 0 saturated carbocycles. The lowest BCUT2D eigenvalue weighted by Gasteiger charge is -2.39. The highest BCUT2D eigenvalue weighted by Gasteiger charge is 2.44. The van der Waals surface area contributed by atoms with Crippen molar-refractivity contribution in [2.45, 2.75) is 64.2 Å². The number of carbonyl (C=O) groups is 1. The van der Waals surface area contributed by atoms with Gasteiger partial charge in [0, 0.05) is 10.7 Å². The molecular formula is C17H29NOSi. The molecule has 0 spiro atoms. The molecule has 0 heterocycles. The van der Waals surface area contributed by atoms with Crippen LogP contribution in [0.4, 0.5) is 5.69 Å². The predicted octanol–water partition coefficient (Wildman–Crippen LogP) is 5.30. The molecule has 3 heteroatoms. The van der Waals surface area contributed by atoms with Gasteiger partial charge in [0.05, 0.1) is 8.07 Å². The number of rotatable bonds is 7. The Balaban J connectivity index is 2.85. The average Bonchev–Trinajstić information content (AvgIpc) is 2.38. The van der Waals surface area contributed by atoms with E-state index in [9.17, 15) is 4.79 Å². The largest absolute Gasteiger partial charge is 0.326 e. The monoisotopic (exact) mass is 291 g/mol. The highest BCUT2D eigenvalue weighted by molar-refractivity contribution is 6.82. The maximum Gasteiger partial charge on any atom is 0.227 e. The Bertz CT molecular complexity index is 424. The Labute approximate surface area is 125 Å². The molecule has 0 aliphatic carbocycles. The second-order valence-electron chi connectivity index (χ2n) is 6.86. The fourth-order valence-electron chi connectivity index (χ4n) is 2.35. The van der Waals surface area contributed by atoms with Gasteiger partial charge in [-0.2, -0.15) is 0 Å². The predicted molar refractivity (Wildman–Crippen MR) is 90.9 cm³/mol. The van der Waals surface area contributed by atoms with E-state index in [1.54, 1.807) is 0 Å². The summed E-state index contributed by atoms with van der Waals surface area (Å²) in [6.07, 6.45) is 4.54. The number of hydrogen-bond donors (Lipinski definition) is 1. The third-order valence-electron chi connectivity index (χ3n) is 4.47. The second-order valence-corrected chi connectivity index (χ2v) is 12.5. The molecule has 0 aromatic heterocycles. The van der Waals surface area contributed by atoms with E-state index in [4.69, 9.17) is 0 Å². The minimum atomic E-state index is -1.59. The van der Waals surface area contributed by atoms with Gasteiger partial charge in [0.2, 0.25) is 5.91 Å². The average molecular weight is 292 g/mol. The molecule has 1 atom stereocenters. The molecule has 1 N–H and O–H groups in total. The molecule has 1 rings (SSSR count). The first-order valence-electron chi connectivity index (χ1n) is 7.68. The number of para-hydroxylation sites is 1. The van der Waals surface area contributed by atoms with Crippen LogP contribution in [0.25, 0.3) is 0 Å². The molecule has 2 nitrogen and oxygen atoms in total. The molecule has 0 fully saturated rings. The number of carbonyl (C=O) groups excluding carboxylic acids is 1. The van der Waals surface area contributed by atoms with Crippen LogP contribution in [0, 0.1) is 0 Å². The summed E-state index contributed by atoms with van der Waals surface area (Å²) >= 11 is 0. The number of unbranched alkanes of at least 4 members (excludes halogenated alkanes) is 2. The van der Waals surface area contributed by atoms with Gasteiger partial charge >= 0.3 is 0 Å². The van der Waals surface area contributed by atoms with Crippen molar-refractivity contribution in [3.05, 3.63) is 30.3 Å². The van der Waals surface area contributed by atoms with Crippen LogP contribution in [-0.4, -0.2) is 14.0 Å². The zero-order valence-corrected chi connectivity index (χ0v) is 14.6. The summed E-state index contributed by atoms with van der Waals surface area (Å²) in [7, 11) is -1.59. The molecule has 0 aliphatic heterocycles. The van der Waals surface area contributed by atoms with Gasteiger partial charge in [-0.3, -0.25) is 4.79 Å². The van der Waals surface area contributed by atoms with Crippen LogP contribution in [0.1, 0.15) is 39.5 Å². The maximum atomic E-state index is 12.8. The van der Waals surface area contributed by atoms with Gasteiger partial charge in [-0.05, 0) is 18.6 Å². The van der Waals surface area contributed by atoms with Crippen LogP contribution < -0.4 is 5.32 Å². The molecule has 1 aromatic carbocycles. The van der Waals surface area contributed by atoms with E-state index < -0.39 is 8.07 Å². The second kappa shape index (κ2) is 7.07. The molecule has 1 amide bonds. The molecule has 0 saturated heterocycles. The van der Waals surface area contributed by atoms with Gasteiger partial charge in [-0.25, -0.2) is 0 Å². The lowest BCUT2D eigenvalue weighted by molar-refractivity contribution is -0.119. The van der Waals surface area contributed by atoms with Gasteiger partial charge < -0.3 is 5.32 Å². The van der Waals surface area contributed by atoms with Gasteiger partial charge in [-0.15, -0.1) is 0 Å². The van der Waals surface area contributed by atoms with Crippen LogP contribution >= 0.6 is 0 Å². The van der Waals surface area contributed by atoms with Crippen LogP contribution in [0.5, 0.6) is 0 Å². The van der Waals surface area contributed by atoms with E-state index in [1.807, 2.05) is 30.3 Å². The summed E-state index contributed by atoms with van der Waals surface area (Å²) < 4.78 is 0. The lowest BCUT2D eigenvalue weighted by Crippen LogP contribution is -2.46. The SMILES string of the molecule is CCCCCC(C)(C(=O)Nc1ccccc1)[Si](C)(C)C. The van der Waals surface area contributed by atoms with E-state index in [-0.39, 0.29) is 10.9 Å². The van der Waals surface area contributed by atoms with E-state index >= 15 is 0 Å². The lowest BCUT2D eigenvalue weighted by atomic mass is 10.0. The normalized spacial score (nSPS) is 14.7. The number of anilines is 1. The summed E-state index contributed by atoms with van der Waals surface area (Å²) in [5, 5.41) is 2.90. The van der Waals surface area contributed by atoms with E-state index in [1.165, 1.54) is 12.8 Å². The molecule has 1 aromatic rings. The van der Waals surface area contributed by atoms with Crippen molar-refractivity contribution in [3.63, 3.8) is 0 Å². The fraction of sp³-hybridized carbons (Fsp3) is 0.588. The molecule has 112 valence electrons. The van der Waals surface area contributed by atoms with Gasteiger partial charge in [0.1, 0.15) is 0 Å².